The fourth-order valence-corrected chi connectivity index (χ4v) is 3.90. The van der Waals surface area contributed by atoms with E-state index in [1.807, 2.05) is 6.92 Å². The number of ether oxygens (including phenoxy) is 1. The van der Waals surface area contributed by atoms with Crippen LogP contribution in [-0.2, 0) is 14.8 Å². The van der Waals surface area contributed by atoms with E-state index in [9.17, 15) is 8.42 Å². The van der Waals surface area contributed by atoms with Gasteiger partial charge < -0.3 is 10.5 Å². The van der Waals surface area contributed by atoms with Crippen molar-refractivity contribution in [2.45, 2.75) is 30.8 Å². The first kappa shape index (κ1) is 15.6. The minimum absolute atomic E-state index is 0.0250. The number of rotatable bonds is 5. The zero-order valence-electron chi connectivity index (χ0n) is 11.3. The van der Waals surface area contributed by atoms with Gasteiger partial charge in [0.25, 0.3) is 0 Å². The average molecular weight is 319 g/mol. The molecule has 0 aromatic heterocycles. The molecule has 3 N–H and O–H groups in total. The van der Waals surface area contributed by atoms with Crippen molar-refractivity contribution in [2.24, 2.45) is 5.92 Å². The van der Waals surface area contributed by atoms with Crippen LogP contribution in [0.5, 0.6) is 0 Å². The molecule has 20 heavy (non-hydrogen) atoms. The van der Waals surface area contributed by atoms with Crippen LogP contribution in [0, 0.1) is 5.92 Å². The Labute approximate surface area is 124 Å². The van der Waals surface area contributed by atoms with Crippen LogP contribution in [0.15, 0.2) is 23.1 Å². The number of anilines is 1. The number of hydrogen-bond donors (Lipinski definition) is 2. The Morgan fingerprint density at radius 2 is 2.25 bits per heavy atom. The maximum Gasteiger partial charge on any atom is 0.242 e. The Hall–Kier alpha value is -0.820. The molecular weight excluding hydrogens is 300 g/mol. The maximum atomic E-state index is 12.3. The molecule has 2 unspecified atom stereocenters. The van der Waals surface area contributed by atoms with Gasteiger partial charge in [-0.2, -0.15) is 0 Å². The molecule has 1 heterocycles. The summed E-state index contributed by atoms with van der Waals surface area (Å²) in [5.74, 6) is 0.204. The predicted octanol–water partition coefficient (Wildman–Crippen LogP) is 2.02. The topological polar surface area (TPSA) is 81.4 Å². The minimum atomic E-state index is -3.65. The summed E-state index contributed by atoms with van der Waals surface area (Å²) in [4.78, 5) is 0.0250. The van der Waals surface area contributed by atoms with Crippen LogP contribution < -0.4 is 10.5 Å². The summed E-state index contributed by atoms with van der Waals surface area (Å²) in [5.41, 5.74) is 5.90. The van der Waals surface area contributed by atoms with Crippen LogP contribution in [0.4, 0.5) is 5.69 Å². The van der Waals surface area contributed by atoms with Gasteiger partial charge in [0.15, 0.2) is 0 Å². The molecular formula is C13H19ClN2O3S. The van der Waals surface area contributed by atoms with Crippen molar-refractivity contribution < 1.29 is 13.2 Å². The van der Waals surface area contributed by atoms with Crippen molar-refractivity contribution in [2.75, 3.05) is 18.9 Å². The minimum Gasteiger partial charge on any atom is -0.398 e. The first-order chi connectivity index (χ1) is 9.44. The van der Waals surface area contributed by atoms with Crippen molar-refractivity contribution >= 4 is 27.3 Å². The lowest BCUT2D eigenvalue weighted by Crippen LogP contribution is -2.33. The number of sulfonamides is 1. The lowest BCUT2D eigenvalue weighted by Gasteiger charge is -2.17. The number of hydrogen-bond acceptors (Lipinski definition) is 4. The molecule has 1 aromatic rings. The number of halogens is 1. The predicted molar refractivity (Wildman–Crippen MR) is 79.2 cm³/mol. The Balaban J connectivity index is 2.09. The summed E-state index contributed by atoms with van der Waals surface area (Å²) in [6, 6.07) is 4.42. The Morgan fingerprint density at radius 3 is 2.95 bits per heavy atom. The van der Waals surface area contributed by atoms with E-state index in [0.29, 0.717) is 18.2 Å². The SMILES string of the molecule is CCC1OCCC1CNS(=O)(=O)c1cc(Cl)ccc1N. The van der Waals surface area contributed by atoms with Gasteiger partial charge in [0.2, 0.25) is 10.0 Å². The number of nitrogen functional groups attached to an aromatic ring is 1. The number of nitrogens with one attached hydrogen (secondary N) is 1. The lowest BCUT2D eigenvalue weighted by molar-refractivity contribution is 0.0884. The summed E-state index contributed by atoms with van der Waals surface area (Å²) >= 11 is 5.83. The molecule has 0 amide bonds. The van der Waals surface area contributed by atoms with Crippen LogP contribution in [0.2, 0.25) is 5.02 Å². The first-order valence-corrected chi connectivity index (χ1v) is 8.46. The molecule has 1 fully saturated rings. The standard InChI is InChI=1S/C13H19ClN2O3S/c1-2-12-9(5-6-19-12)8-16-20(17,18)13-7-10(14)3-4-11(13)15/h3-4,7,9,12,16H,2,5-6,8,15H2,1H3. The van der Waals surface area contributed by atoms with Crippen LogP contribution in [0.25, 0.3) is 0 Å². The van der Waals surface area contributed by atoms with Gasteiger partial charge in [-0.15, -0.1) is 0 Å². The van der Waals surface area contributed by atoms with Crippen molar-refractivity contribution in [3.8, 4) is 0 Å². The molecule has 1 aliphatic rings. The molecule has 7 heteroatoms. The highest BCUT2D eigenvalue weighted by Crippen LogP contribution is 2.25. The molecule has 1 aromatic carbocycles. The second kappa shape index (κ2) is 6.30. The fourth-order valence-electron chi connectivity index (χ4n) is 2.41. The second-order valence-electron chi connectivity index (χ2n) is 4.90. The van der Waals surface area contributed by atoms with Crippen LogP contribution in [0.1, 0.15) is 19.8 Å². The molecule has 1 saturated heterocycles. The highest BCUT2D eigenvalue weighted by Gasteiger charge is 2.28. The first-order valence-electron chi connectivity index (χ1n) is 6.60. The largest absolute Gasteiger partial charge is 0.398 e. The van der Waals surface area contributed by atoms with E-state index < -0.39 is 10.0 Å². The van der Waals surface area contributed by atoms with E-state index >= 15 is 0 Å². The van der Waals surface area contributed by atoms with Crippen molar-refractivity contribution in [3.05, 3.63) is 23.2 Å². The maximum absolute atomic E-state index is 12.3. The summed E-state index contributed by atoms with van der Waals surface area (Å²) in [5, 5.41) is 0.343. The van der Waals surface area contributed by atoms with Gasteiger partial charge in [-0.1, -0.05) is 18.5 Å². The van der Waals surface area contributed by atoms with Crippen molar-refractivity contribution in [1.82, 2.24) is 4.72 Å². The van der Waals surface area contributed by atoms with Gasteiger partial charge in [0.05, 0.1) is 11.8 Å². The molecule has 0 aliphatic carbocycles. The zero-order valence-corrected chi connectivity index (χ0v) is 12.9. The third-order valence-corrected chi connectivity index (χ3v) is 5.26. The molecule has 0 spiro atoms. The Morgan fingerprint density at radius 1 is 1.50 bits per heavy atom. The average Bonchev–Trinajstić information content (AvgIpc) is 2.86. The fraction of sp³-hybridized carbons (Fsp3) is 0.538. The molecule has 0 saturated carbocycles. The van der Waals surface area contributed by atoms with E-state index in [0.717, 1.165) is 12.8 Å². The van der Waals surface area contributed by atoms with Crippen molar-refractivity contribution in [3.63, 3.8) is 0 Å². The normalized spacial score (nSPS) is 23.1. The molecule has 5 nitrogen and oxygen atoms in total. The zero-order chi connectivity index (χ0) is 14.8. The van der Waals surface area contributed by atoms with E-state index in [4.69, 9.17) is 22.1 Å². The quantitative estimate of drug-likeness (QED) is 0.814. The monoisotopic (exact) mass is 318 g/mol. The number of benzene rings is 1. The number of nitrogens with two attached hydrogens (primary N) is 1. The van der Waals surface area contributed by atoms with Gasteiger partial charge in [-0.05, 0) is 31.0 Å². The van der Waals surface area contributed by atoms with Crippen LogP contribution in [0.3, 0.4) is 0 Å². The molecule has 1 aliphatic heterocycles. The molecule has 2 rings (SSSR count). The third-order valence-electron chi connectivity index (χ3n) is 3.55. The summed E-state index contributed by atoms with van der Waals surface area (Å²) in [6.07, 6.45) is 1.87. The Bertz CT molecular complexity index is 577. The van der Waals surface area contributed by atoms with Crippen LogP contribution >= 0.6 is 11.6 Å². The summed E-state index contributed by atoms with van der Waals surface area (Å²) in [6.45, 7) is 3.07. The van der Waals surface area contributed by atoms with Crippen LogP contribution in [-0.4, -0.2) is 27.7 Å². The van der Waals surface area contributed by atoms with Crippen molar-refractivity contribution in [1.29, 1.82) is 0 Å². The molecule has 112 valence electrons. The van der Waals surface area contributed by atoms with Gasteiger partial charge >= 0.3 is 0 Å². The molecule has 2 atom stereocenters. The van der Waals surface area contributed by atoms with Gasteiger partial charge in [0, 0.05) is 24.1 Å². The summed E-state index contributed by atoms with van der Waals surface area (Å²) in [7, 11) is -3.65. The van der Waals surface area contributed by atoms with E-state index in [-0.39, 0.29) is 22.6 Å². The van der Waals surface area contributed by atoms with E-state index in [2.05, 4.69) is 4.72 Å². The molecule has 0 bridgehead atoms. The van der Waals surface area contributed by atoms with E-state index in [1.54, 1.807) is 6.07 Å². The highest BCUT2D eigenvalue weighted by molar-refractivity contribution is 7.89. The van der Waals surface area contributed by atoms with Gasteiger partial charge in [-0.25, -0.2) is 13.1 Å². The van der Waals surface area contributed by atoms with Gasteiger partial charge in [0.1, 0.15) is 4.90 Å². The summed E-state index contributed by atoms with van der Waals surface area (Å²) < 4.78 is 32.7. The lowest BCUT2D eigenvalue weighted by atomic mass is 10.0. The van der Waals surface area contributed by atoms with E-state index in [1.165, 1.54) is 12.1 Å². The van der Waals surface area contributed by atoms with Gasteiger partial charge in [-0.3, -0.25) is 0 Å². The molecule has 0 radical (unpaired) electrons. The second-order valence-corrected chi connectivity index (χ2v) is 7.07. The Kier molecular flexibility index (Phi) is 4.90. The smallest absolute Gasteiger partial charge is 0.242 e. The third kappa shape index (κ3) is 3.44. The highest BCUT2D eigenvalue weighted by atomic mass is 35.5.